The van der Waals surface area contributed by atoms with Crippen LogP contribution in [0.3, 0.4) is 0 Å². The van der Waals surface area contributed by atoms with Crippen LogP contribution in [0.5, 0.6) is 0 Å². The zero-order valence-electron chi connectivity index (χ0n) is 15.4. The lowest BCUT2D eigenvalue weighted by molar-refractivity contribution is -0.141. The molecule has 2 heterocycles. The number of nitrogens with zero attached hydrogens (tertiary/aromatic N) is 3. The summed E-state index contributed by atoms with van der Waals surface area (Å²) >= 11 is 12.0. The van der Waals surface area contributed by atoms with E-state index in [-0.39, 0.29) is 27.1 Å². The van der Waals surface area contributed by atoms with Gasteiger partial charge < -0.3 is 10.6 Å². The minimum Gasteiger partial charge on any atom is -0.355 e. The molecule has 0 aliphatic rings. The Hall–Kier alpha value is -3.18. The molecule has 13 heteroatoms. The number of halogens is 6. The van der Waals surface area contributed by atoms with Gasteiger partial charge in [0, 0.05) is 19.3 Å². The Morgan fingerprint density at radius 1 is 1.10 bits per heavy atom. The number of amides is 2. The Kier molecular flexibility index (Phi) is 6.18. The van der Waals surface area contributed by atoms with Gasteiger partial charge in [-0.05, 0) is 24.3 Å². The van der Waals surface area contributed by atoms with Gasteiger partial charge in [-0.25, -0.2) is 14.1 Å². The highest BCUT2D eigenvalue weighted by Crippen LogP contribution is 2.32. The average Bonchev–Trinajstić information content (AvgIpc) is 3.15. The molecule has 0 unspecified atom stereocenters. The number of rotatable bonds is 4. The van der Waals surface area contributed by atoms with Gasteiger partial charge in [0.25, 0.3) is 11.8 Å². The predicted molar refractivity (Wildman–Crippen MR) is 104 cm³/mol. The molecule has 2 amide bonds. The van der Waals surface area contributed by atoms with Crippen LogP contribution in [0.2, 0.25) is 10.0 Å². The second-order valence-corrected chi connectivity index (χ2v) is 6.79. The lowest BCUT2D eigenvalue weighted by atomic mass is 10.1. The molecule has 0 radical (unpaired) electrons. The summed E-state index contributed by atoms with van der Waals surface area (Å²) in [4.78, 5) is 28.8. The second kappa shape index (κ2) is 8.52. The van der Waals surface area contributed by atoms with E-state index in [1.54, 1.807) is 0 Å². The zero-order chi connectivity index (χ0) is 22.9. The molecule has 0 saturated heterocycles. The Labute approximate surface area is 182 Å². The van der Waals surface area contributed by atoms with Gasteiger partial charge in [-0.15, -0.1) is 0 Å². The van der Waals surface area contributed by atoms with Crippen molar-refractivity contribution in [2.45, 2.75) is 6.18 Å². The fourth-order valence-corrected chi connectivity index (χ4v) is 3.02. The van der Waals surface area contributed by atoms with E-state index in [0.717, 1.165) is 12.1 Å². The summed E-state index contributed by atoms with van der Waals surface area (Å²) in [7, 11) is 1.26. The number of aromatic nitrogens is 3. The van der Waals surface area contributed by atoms with Crippen molar-refractivity contribution in [1.82, 2.24) is 20.1 Å². The molecule has 0 spiro atoms. The summed E-state index contributed by atoms with van der Waals surface area (Å²) in [5, 5.41) is 7.47. The van der Waals surface area contributed by atoms with E-state index in [0.29, 0.717) is 10.7 Å². The number of hydrogen-bond donors (Lipinski definition) is 2. The highest BCUT2D eigenvalue weighted by Gasteiger charge is 2.37. The van der Waals surface area contributed by atoms with Crippen LogP contribution in [0.25, 0.3) is 5.82 Å². The third-order valence-electron chi connectivity index (χ3n) is 3.94. The third kappa shape index (κ3) is 4.62. The van der Waals surface area contributed by atoms with Crippen molar-refractivity contribution in [3.8, 4) is 5.82 Å². The van der Waals surface area contributed by atoms with Gasteiger partial charge in [-0.3, -0.25) is 9.59 Å². The molecular formula is C18H11Cl2F4N5O2. The van der Waals surface area contributed by atoms with Gasteiger partial charge in [-0.1, -0.05) is 23.2 Å². The lowest BCUT2D eigenvalue weighted by Crippen LogP contribution is -2.23. The van der Waals surface area contributed by atoms with E-state index in [1.807, 2.05) is 0 Å². The molecule has 3 aromatic rings. The summed E-state index contributed by atoms with van der Waals surface area (Å²) in [6.45, 7) is 0. The van der Waals surface area contributed by atoms with Gasteiger partial charge in [-0.2, -0.15) is 18.3 Å². The van der Waals surface area contributed by atoms with Crippen LogP contribution in [-0.4, -0.2) is 33.6 Å². The van der Waals surface area contributed by atoms with Crippen LogP contribution in [0, 0.1) is 5.82 Å². The number of pyridine rings is 1. The van der Waals surface area contributed by atoms with Gasteiger partial charge >= 0.3 is 6.18 Å². The van der Waals surface area contributed by atoms with Crippen LogP contribution in [-0.2, 0) is 6.18 Å². The summed E-state index contributed by atoms with van der Waals surface area (Å²) in [6, 6.07) is 4.91. The van der Waals surface area contributed by atoms with Crippen molar-refractivity contribution in [3.05, 3.63) is 69.3 Å². The molecular weight excluding hydrogens is 465 g/mol. The van der Waals surface area contributed by atoms with Gasteiger partial charge in [0.15, 0.2) is 11.5 Å². The predicted octanol–water partition coefficient (Wildman–Crippen LogP) is 4.34. The molecule has 0 aliphatic heterocycles. The highest BCUT2D eigenvalue weighted by atomic mass is 35.5. The van der Waals surface area contributed by atoms with Crippen LogP contribution in [0.15, 0.2) is 36.5 Å². The lowest BCUT2D eigenvalue weighted by Gasteiger charge is -2.13. The largest absolute Gasteiger partial charge is 0.435 e. The Bertz CT molecular complexity index is 1180. The molecule has 7 nitrogen and oxygen atoms in total. The van der Waals surface area contributed by atoms with Crippen molar-refractivity contribution in [2.24, 2.45) is 0 Å². The molecule has 3 rings (SSSR count). The normalized spacial score (nSPS) is 11.3. The number of nitrogens with one attached hydrogen (secondary N) is 2. The summed E-state index contributed by atoms with van der Waals surface area (Å²) in [5.74, 6) is -3.00. The van der Waals surface area contributed by atoms with Gasteiger partial charge in [0.1, 0.15) is 11.5 Å². The smallest absolute Gasteiger partial charge is 0.355 e. The number of carbonyl (C=O) groups excluding carboxylic acids is 2. The van der Waals surface area contributed by atoms with Crippen molar-refractivity contribution >= 4 is 40.7 Å². The number of benzene rings is 1. The standard InChI is InChI=1S/C18H11Cl2F4N5O2/c1-25-16(30)9-5-8(21)6-11(20)14(9)27-17(31)12-7-13(18(22,23)24)28-29(12)15-10(19)3-2-4-26-15/h2-7H,1H3,(H,25,30)(H,27,31). The van der Waals surface area contributed by atoms with Crippen molar-refractivity contribution in [3.63, 3.8) is 0 Å². The number of alkyl halides is 3. The minimum absolute atomic E-state index is 0.0701. The van der Waals surface area contributed by atoms with Crippen molar-refractivity contribution in [1.29, 1.82) is 0 Å². The monoisotopic (exact) mass is 475 g/mol. The molecule has 0 fully saturated rings. The number of carbonyl (C=O) groups is 2. The SMILES string of the molecule is CNC(=O)c1cc(F)cc(Cl)c1NC(=O)c1cc(C(F)(F)F)nn1-c1ncccc1Cl. The van der Waals surface area contributed by atoms with Gasteiger partial charge in [0.05, 0.1) is 21.3 Å². The topological polar surface area (TPSA) is 88.9 Å². The first kappa shape index (κ1) is 22.5. The molecule has 31 heavy (non-hydrogen) atoms. The maximum atomic E-state index is 13.7. The van der Waals surface area contributed by atoms with E-state index in [9.17, 15) is 27.2 Å². The van der Waals surface area contributed by atoms with Crippen LogP contribution < -0.4 is 10.6 Å². The molecule has 0 saturated carbocycles. The molecule has 162 valence electrons. The molecule has 2 N–H and O–H groups in total. The summed E-state index contributed by atoms with van der Waals surface area (Å²) < 4.78 is 54.0. The first-order chi connectivity index (χ1) is 14.5. The Morgan fingerprint density at radius 3 is 2.42 bits per heavy atom. The maximum absolute atomic E-state index is 13.7. The maximum Gasteiger partial charge on any atom is 0.435 e. The molecule has 0 bridgehead atoms. The number of hydrogen-bond acceptors (Lipinski definition) is 4. The molecule has 2 aromatic heterocycles. The Balaban J connectivity index is 2.12. The van der Waals surface area contributed by atoms with E-state index in [4.69, 9.17) is 23.2 Å². The molecule has 1 aromatic carbocycles. The van der Waals surface area contributed by atoms with E-state index in [1.165, 1.54) is 25.4 Å². The van der Waals surface area contributed by atoms with E-state index in [2.05, 4.69) is 20.7 Å². The first-order valence-corrected chi connectivity index (χ1v) is 9.09. The van der Waals surface area contributed by atoms with Crippen LogP contribution in [0.4, 0.5) is 23.2 Å². The Morgan fingerprint density at radius 2 is 1.81 bits per heavy atom. The van der Waals surface area contributed by atoms with Crippen LogP contribution >= 0.6 is 23.2 Å². The minimum atomic E-state index is -4.87. The van der Waals surface area contributed by atoms with Crippen molar-refractivity contribution < 1.29 is 27.2 Å². The molecule has 0 atom stereocenters. The third-order valence-corrected chi connectivity index (χ3v) is 4.53. The quantitative estimate of drug-likeness (QED) is 0.549. The molecule has 0 aliphatic carbocycles. The number of anilines is 1. The zero-order valence-corrected chi connectivity index (χ0v) is 16.9. The van der Waals surface area contributed by atoms with E-state index >= 15 is 0 Å². The summed E-state index contributed by atoms with van der Waals surface area (Å²) in [6.07, 6.45) is -3.62. The average molecular weight is 476 g/mol. The van der Waals surface area contributed by atoms with Crippen molar-refractivity contribution in [2.75, 3.05) is 12.4 Å². The first-order valence-electron chi connectivity index (χ1n) is 8.33. The highest BCUT2D eigenvalue weighted by molar-refractivity contribution is 6.35. The van der Waals surface area contributed by atoms with E-state index < -0.39 is 35.2 Å². The fraction of sp³-hybridized carbons (Fsp3) is 0.111. The fourth-order valence-electron chi connectivity index (χ4n) is 2.57. The van der Waals surface area contributed by atoms with Gasteiger partial charge in [0.2, 0.25) is 0 Å². The second-order valence-electron chi connectivity index (χ2n) is 5.98. The summed E-state index contributed by atoms with van der Waals surface area (Å²) in [5.41, 5.74) is -2.62. The van der Waals surface area contributed by atoms with Crippen LogP contribution in [0.1, 0.15) is 26.5 Å².